The Morgan fingerprint density at radius 1 is 1.02 bits per heavy atom. The number of methoxy groups -OCH3 is 1. The van der Waals surface area contributed by atoms with Crippen molar-refractivity contribution in [2.75, 3.05) is 20.7 Å². The van der Waals surface area contributed by atoms with Gasteiger partial charge in [0.15, 0.2) is 5.69 Å². The molecule has 0 bridgehead atoms. The molecular weight excluding hydrogens is 544 g/mol. The van der Waals surface area contributed by atoms with Crippen LogP contribution in [0.25, 0.3) is 17.2 Å². The molecule has 1 aromatic heterocycles. The highest BCUT2D eigenvalue weighted by Crippen LogP contribution is 2.34. The van der Waals surface area contributed by atoms with E-state index >= 15 is 0 Å². The minimum Gasteiger partial charge on any atom is -0.496 e. The standard InChI is InChI=1S/C30H38N4O8/c1-8-20-13-23(27(35)33-17(4)31-6)22(14-25(20)39-7)21-11-12-24(28(36)32-15-19-9-10-19)34-26(21)29(37)41-18(5)42-30(38)40-16(2)3/h8,11-14,16-19,31H,1,9-10,15H2,2-7H3,(H,32,36)(H,33,35). The minimum absolute atomic E-state index is 0.0244. The molecule has 42 heavy (non-hydrogen) atoms. The number of carbonyl (C=O) groups is 4. The molecule has 1 aromatic carbocycles. The molecule has 226 valence electrons. The lowest BCUT2D eigenvalue weighted by Crippen LogP contribution is -2.41. The average molecular weight is 583 g/mol. The van der Waals surface area contributed by atoms with Crippen LogP contribution in [-0.2, 0) is 14.2 Å². The molecule has 1 heterocycles. The number of nitrogens with zero attached hydrogens (tertiary/aromatic N) is 1. The number of esters is 1. The van der Waals surface area contributed by atoms with Gasteiger partial charge >= 0.3 is 12.1 Å². The quantitative estimate of drug-likeness (QED) is 0.234. The molecule has 3 rings (SSSR count). The Hall–Kier alpha value is -4.45. The molecule has 2 amide bonds. The molecule has 0 radical (unpaired) electrons. The third-order valence-corrected chi connectivity index (χ3v) is 6.34. The smallest absolute Gasteiger partial charge is 0.496 e. The fourth-order valence-corrected chi connectivity index (χ4v) is 3.88. The summed E-state index contributed by atoms with van der Waals surface area (Å²) in [5.74, 6) is -1.09. The summed E-state index contributed by atoms with van der Waals surface area (Å²) in [5, 5.41) is 8.59. The SMILES string of the molecule is C=Cc1cc(C(=O)NC(C)NC)c(-c2ccc(C(=O)NCC3CC3)nc2C(=O)OC(C)OC(=O)OC(C)C)cc1OC. The zero-order chi connectivity index (χ0) is 31.0. The molecule has 3 N–H and O–H groups in total. The van der Waals surface area contributed by atoms with Gasteiger partial charge in [0.2, 0.25) is 6.29 Å². The second-order valence-electron chi connectivity index (χ2n) is 10.1. The van der Waals surface area contributed by atoms with Gasteiger partial charge in [0.05, 0.1) is 19.4 Å². The summed E-state index contributed by atoms with van der Waals surface area (Å²) >= 11 is 0. The molecular formula is C30H38N4O8. The van der Waals surface area contributed by atoms with E-state index in [2.05, 4.69) is 27.5 Å². The first-order chi connectivity index (χ1) is 20.0. The van der Waals surface area contributed by atoms with E-state index in [1.807, 2.05) is 0 Å². The van der Waals surface area contributed by atoms with Crippen molar-refractivity contribution in [1.29, 1.82) is 0 Å². The Bertz CT molecular complexity index is 1340. The van der Waals surface area contributed by atoms with Gasteiger partial charge in [-0.05, 0) is 70.8 Å². The van der Waals surface area contributed by atoms with Crippen LogP contribution in [-0.4, -0.2) is 68.2 Å². The van der Waals surface area contributed by atoms with E-state index in [-0.39, 0.29) is 34.2 Å². The average Bonchev–Trinajstić information content (AvgIpc) is 3.78. The third kappa shape index (κ3) is 8.53. The second kappa shape index (κ2) is 14.4. The van der Waals surface area contributed by atoms with Crippen LogP contribution < -0.4 is 20.7 Å². The normalized spacial score (nSPS) is 13.9. The number of aromatic nitrogens is 1. The summed E-state index contributed by atoms with van der Waals surface area (Å²) in [4.78, 5) is 56.0. The fourth-order valence-electron chi connectivity index (χ4n) is 3.88. The van der Waals surface area contributed by atoms with Crippen LogP contribution in [0.3, 0.4) is 0 Å². The van der Waals surface area contributed by atoms with Crippen molar-refractivity contribution in [2.45, 2.75) is 59.1 Å². The molecule has 1 aliphatic rings. The Morgan fingerprint density at radius 3 is 2.33 bits per heavy atom. The summed E-state index contributed by atoms with van der Waals surface area (Å²) in [5.41, 5.74) is 0.915. The van der Waals surface area contributed by atoms with E-state index < -0.39 is 36.3 Å². The monoisotopic (exact) mass is 582 g/mol. The van der Waals surface area contributed by atoms with Gasteiger partial charge in [0, 0.05) is 35.7 Å². The maximum atomic E-state index is 13.5. The number of carbonyl (C=O) groups excluding carboxylic acids is 4. The molecule has 1 aliphatic carbocycles. The first kappa shape index (κ1) is 32.1. The van der Waals surface area contributed by atoms with E-state index in [0.717, 1.165) is 12.8 Å². The number of rotatable bonds is 13. The van der Waals surface area contributed by atoms with Gasteiger partial charge < -0.3 is 34.9 Å². The van der Waals surface area contributed by atoms with E-state index in [1.165, 1.54) is 32.2 Å². The zero-order valence-corrected chi connectivity index (χ0v) is 24.7. The highest BCUT2D eigenvalue weighted by Gasteiger charge is 2.28. The van der Waals surface area contributed by atoms with E-state index in [0.29, 0.717) is 23.8 Å². The summed E-state index contributed by atoms with van der Waals surface area (Å²) in [7, 11) is 3.16. The predicted octanol–water partition coefficient (Wildman–Crippen LogP) is 3.90. The largest absolute Gasteiger partial charge is 0.511 e. The second-order valence-corrected chi connectivity index (χ2v) is 10.1. The number of benzene rings is 1. The summed E-state index contributed by atoms with van der Waals surface area (Å²) in [6.45, 7) is 10.7. The molecule has 1 saturated carbocycles. The van der Waals surface area contributed by atoms with Crippen molar-refractivity contribution in [2.24, 2.45) is 5.92 Å². The predicted molar refractivity (Wildman–Crippen MR) is 155 cm³/mol. The van der Waals surface area contributed by atoms with Gasteiger partial charge in [-0.3, -0.25) is 9.59 Å². The third-order valence-electron chi connectivity index (χ3n) is 6.34. The van der Waals surface area contributed by atoms with Crippen molar-refractivity contribution < 1.29 is 38.1 Å². The van der Waals surface area contributed by atoms with E-state index in [4.69, 9.17) is 18.9 Å². The van der Waals surface area contributed by atoms with Gasteiger partial charge in [0.1, 0.15) is 11.4 Å². The summed E-state index contributed by atoms with van der Waals surface area (Å²) in [6.07, 6.45) is 0.446. The summed E-state index contributed by atoms with van der Waals surface area (Å²) < 4.78 is 20.8. The fraction of sp³-hybridized carbons (Fsp3) is 0.433. The lowest BCUT2D eigenvalue weighted by Gasteiger charge is -2.19. The number of amides is 2. The van der Waals surface area contributed by atoms with Crippen LogP contribution >= 0.6 is 0 Å². The van der Waals surface area contributed by atoms with Crippen LogP contribution in [0.1, 0.15) is 77.4 Å². The molecule has 0 aliphatic heterocycles. The van der Waals surface area contributed by atoms with Crippen molar-refractivity contribution in [3.8, 4) is 16.9 Å². The van der Waals surface area contributed by atoms with Gasteiger partial charge in [-0.2, -0.15) is 0 Å². The molecule has 2 unspecified atom stereocenters. The molecule has 0 spiro atoms. The van der Waals surface area contributed by atoms with Gasteiger partial charge in [-0.15, -0.1) is 0 Å². The van der Waals surface area contributed by atoms with Crippen LogP contribution in [0, 0.1) is 5.92 Å². The molecule has 1 fully saturated rings. The maximum Gasteiger partial charge on any atom is 0.511 e. The highest BCUT2D eigenvalue weighted by atomic mass is 16.8. The molecule has 0 saturated heterocycles. The summed E-state index contributed by atoms with van der Waals surface area (Å²) in [6, 6.07) is 6.13. The molecule has 2 atom stereocenters. The van der Waals surface area contributed by atoms with Gasteiger partial charge in [-0.1, -0.05) is 12.7 Å². The number of pyridine rings is 1. The Kier molecular flexibility index (Phi) is 11.0. The lowest BCUT2D eigenvalue weighted by molar-refractivity contribution is -0.0868. The Morgan fingerprint density at radius 2 is 1.74 bits per heavy atom. The molecule has 2 aromatic rings. The number of hydrogen-bond acceptors (Lipinski definition) is 10. The number of hydrogen-bond donors (Lipinski definition) is 3. The van der Waals surface area contributed by atoms with Crippen LogP contribution in [0.5, 0.6) is 5.75 Å². The zero-order valence-electron chi connectivity index (χ0n) is 24.7. The van der Waals surface area contributed by atoms with Crippen LogP contribution in [0.2, 0.25) is 0 Å². The minimum atomic E-state index is -1.34. The Balaban J connectivity index is 2.09. The Labute approximate surface area is 245 Å². The first-order valence-electron chi connectivity index (χ1n) is 13.7. The molecule has 12 nitrogen and oxygen atoms in total. The molecule has 12 heteroatoms. The van der Waals surface area contributed by atoms with Crippen LogP contribution in [0.15, 0.2) is 30.8 Å². The van der Waals surface area contributed by atoms with Crippen LogP contribution in [0.4, 0.5) is 4.79 Å². The number of ether oxygens (including phenoxy) is 4. The van der Waals surface area contributed by atoms with Crippen molar-refractivity contribution in [3.05, 3.63) is 53.4 Å². The lowest BCUT2D eigenvalue weighted by atomic mass is 9.94. The highest BCUT2D eigenvalue weighted by molar-refractivity contribution is 6.06. The van der Waals surface area contributed by atoms with Crippen molar-refractivity contribution >= 4 is 30.0 Å². The first-order valence-corrected chi connectivity index (χ1v) is 13.7. The maximum absolute atomic E-state index is 13.5. The topological polar surface area (TPSA) is 154 Å². The number of nitrogens with one attached hydrogen (secondary N) is 3. The van der Waals surface area contributed by atoms with Crippen molar-refractivity contribution in [3.63, 3.8) is 0 Å². The van der Waals surface area contributed by atoms with Crippen molar-refractivity contribution in [1.82, 2.24) is 20.9 Å². The van der Waals surface area contributed by atoms with Gasteiger partial charge in [0.25, 0.3) is 11.8 Å². The van der Waals surface area contributed by atoms with E-state index in [9.17, 15) is 19.2 Å². The van der Waals surface area contributed by atoms with E-state index in [1.54, 1.807) is 40.0 Å². The van der Waals surface area contributed by atoms with Gasteiger partial charge in [-0.25, -0.2) is 14.6 Å².